The molecule has 29 heavy (non-hydrogen) atoms. The Hall–Kier alpha value is -2.41. The van der Waals surface area contributed by atoms with Gasteiger partial charge in [-0.3, -0.25) is 0 Å². The smallest absolute Gasteiger partial charge is 0.126 e. The molecular weight excluding hydrogens is 355 g/mol. The fourth-order valence-electron chi connectivity index (χ4n) is 3.12. The predicted octanol–water partition coefficient (Wildman–Crippen LogP) is 8.17. The van der Waals surface area contributed by atoms with Crippen LogP contribution in [-0.2, 0) is 12.8 Å². The Kier molecular flexibility index (Phi) is 10.4. The van der Waals surface area contributed by atoms with Crippen LogP contribution in [0.1, 0.15) is 58.4 Å². The molecule has 0 aliphatic rings. The average molecular weight is 393 g/mol. The van der Waals surface area contributed by atoms with E-state index in [-0.39, 0.29) is 5.82 Å². The van der Waals surface area contributed by atoms with Crippen LogP contribution in [0.5, 0.6) is 0 Å². The van der Waals surface area contributed by atoms with E-state index in [1.807, 2.05) is 13.0 Å². The fourth-order valence-corrected chi connectivity index (χ4v) is 3.12. The van der Waals surface area contributed by atoms with Crippen LogP contribution in [0.4, 0.5) is 4.39 Å². The molecular formula is C28H37F. The van der Waals surface area contributed by atoms with E-state index in [9.17, 15) is 4.39 Å². The second-order valence-corrected chi connectivity index (χ2v) is 7.61. The van der Waals surface area contributed by atoms with E-state index in [2.05, 4.69) is 77.9 Å². The minimum Gasteiger partial charge on any atom is -0.207 e. The first kappa shape index (κ1) is 24.6. The Morgan fingerprint density at radius 1 is 0.517 bits per heavy atom. The molecule has 0 unspecified atom stereocenters. The number of rotatable bonds is 2. The summed E-state index contributed by atoms with van der Waals surface area (Å²) >= 11 is 0. The van der Waals surface area contributed by atoms with Gasteiger partial charge in [0.05, 0.1) is 0 Å². The van der Waals surface area contributed by atoms with E-state index in [0.717, 1.165) is 24.0 Å². The molecule has 3 aromatic rings. The van der Waals surface area contributed by atoms with Gasteiger partial charge in [-0.05, 0) is 105 Å². The lowest BCUT2D eigenvalue weighted by Gasteiger charge is -2.06. The Bertz CT molecular complexity index is 794. The molecule has 0 saturated carbocycles. The maximum atomic E-state index is 12.6. The number of benzene rings is 3. The third-order valence-electron chi connectivity index (χ3n) is 5.73. The molecule has 0 N–H and O–H groups in total. The molecule has 0 radical (unpaired) electrons. The lowest BCUT2D eigenvalue weighted by molar-refractivity contribution is 0.617. The minimum absolute atomic E-state index is 0.116. The van der Waals surface area contributed by atoms with Gasteiger partial charge in [-0.15, -0.1) is 0 Å². The SMILES string of the molecule is CCc1cccc(CC)c1C.Cc1cccc(C)c1C.Cc1cccc(F)c1C. The number of hydrogen-bond donors (Lipinski definition) is 0. The predicted molar refractivity (Wildman–Crippen MR) is 126 cm³/mol. The van der Waals surface area contributed by atoms with Gasteiger partial charge in [0.25, 0.3) is 0 Å². The van der Waals surface area contributed by atoms with E-state index in [1.165, 1.54) is 39.4 Å². The summed E-state index contributed by atoms with van der Waals surface area (Å²) in [4.78, 5) is 0. The molecule has 0 saturated heterocycles. The topological polar surface area (TPSA) is 0 Å². The summed E-state index contributed by atoms with van der Waals surface area (Å²) in [5, 5.41) is 0. The molecule has 3 rings (SSSR count). The van der Waals surface area contributed by atoms with Crippen molar-refractivity contribution in [2.45, 2.75) is 68.2 Å². The van der Waals surface area contributed by atoms with Crippen LogP contribution in [0.25, 0.3) is 0 Å². The van der Waals surface area contributed by atoms with Crippen LogP contribution in [0.3, 0.4) is 0 Å². The van der Waals surface area contributed by atoms with Crippen molar-refractivity contribution in [3.8, 4) is 0 Å². The number of hydrogen-bond acceptors (Lipinski definition) is 0. The molecule has 1 heteroatoms. The van der Waals surface area contributed by atoms with Crippen LogP contribution in [0, 0.1) is 47.4 Å². The second kappa shape index (κ2) is 12.2. The van der Waals surface area contributed by atoms with Gasteiger partial charge in [-0.25, -0.2) is 4.39 Å². The van der Waals surface area contributed by atoms with Gasteiger partial charge < -0.3 is 0 Å². The monoisotopic (exact) mass is 392 g/mol. The molecule has 0 aromatic heterocycles. The van der Waals surface area contributed by atoms with Crippen LogP contribution >= 0.6 is 0 Å². The Morgan fingerprint density at radius 2 is 0.897 bits per heavy atom. The summed E-state index contributed by atoms with van der Waals surface area (Å²) < 4.78 is 12.6. The lowest BCUT2D eigenvalue weighted by Crippen LogP contribution is -1.91. The molecule has 0 bridgehead atoms. The largest absolute Gasteiger partial charge is 0.207 e. The third kappa shape index (κ3) is 7.49. The van der Waals surface area contributed by atoms with Crippen molar-refractivity contribution in [3.05, 3.63) is 105 Å². The van der Waals surface area contributed by atoms with Gasteiger partial charge in [0, 0.05) is 0 Å². The molecule has 0 fully saturated rings. The molecule has 0 amide bonds. The Balaban J connectivity index is 0.000000219. The Labute approximate surface area is 177 Å². The van der Waals surface area contributed by atoms with E-state index < -0.39 is 0 Å². The summed E-state index contributed by atoms with van der Waals surface area (Å²) in [5.41, 5.74) is 10.4. The first-order valence-electron chi connectivity index (χ1n) is 10.5. The highest BCUT2D eigenvalue weighted by atomic mass is 19.1. The highest BCUT2D eigenvalue weighted by Gasteiger charge is 1.99. The number of aryl methyl sites for hydroxylation is 5. The summed E-state index contributed by atoms with van der Waals surface area (Å²) in [5.74, 6) is -0.116. The highest BCUT2D eigenvalue weighted by molar-refractivity contribution is 5.34. The van der Waals surface area contributed by atoms with Crippen LogP contribution in [0.2, 0.25) is 0 Å². The van der Waals surface area contributed by atoms with Crippen molar-refractivity contribution in [1.29, 1.82) is 0 Å². The summed E-state index contributed by atoms with van der Waals surface area (Å²) in [6.45, 7) is 16.8. The van der Waals surface area contributed by atoms with Gasteiger partial charge in [-0.1, -0.05) is 62.4 Å². The van der Waals surface area contributed by atoms with Crippen molar-refractivity contribution in [3.63, 3.8) is 0 Å². The molecule has 0 aliphatic carbocycles. The fraction of sp³-hybridized carbons (Fsp3) is 0.357. The van der Waals surface area contributed by atoms with Crippen LogP contribution in [0.15, 0.2) is 54.6 Å². The van der Waals surface area contributed by atoms with Crippen molar-refractivity contribution in [2.24, 2.45) is 0 Å². The van der Waals surface area contributed by atoms with E-state index in [4.69, 9.17) is 0 Å². The van der Waals surface area contributed by atoms with Gasteiger partial charge in [0.1, 0.15) is 5.82 Å². The Morgan fingerprint density at radius 3 is 1.24 bits per heavy atom. The van der Waals surface area contributed by atoms with E-state index in [1.54, 1.807) is 13.0 Å². The van der Waals surface area contributed by atoms with Crippen LogP contribution < -0.4 is 0 Å². The van der Waals surface area contributed by atoms with E-state index >= 15 is 0 Å². The summed E-state index contributed by atoms with van der Waals surface area (Å²) in [7, 11) is 0. The standard InChI is InChI=1S/C11H16.C9H12.C8H9F/c1-4-10-7-6-8-11(5-2)9(10)3;1-7-5-4-6-8(2)9(7)3;1-6-4-3-5-8(9)7(6)2/h6-8H,4-5H2,1-3H3;4-6H,1-3H3;3-5H,1-2H3. The molecule has 0 spiro atoms. The minimum atomic E-state index is -0.116. The summed E-state index contributed by atoms with van der Waals surface area (Å²) in [6, 6.07) is 18.1. The highest BCUT2D eigenvalue weighted by Crippen LogP contribution is 2.14. The van der Waals surface area contributed by atoms with E-state index in [0.29, 0.717) is 0 Å². The van der Waals surface area contributed by atoms with Gasteiger partial charge in [0.15, 0.2) is 0 Å². The zero-order valence-corrected chi connectivity index (χ0v) is 19.5. The van der Waals surface area contributed by atoms with Gasteiger partial charge in [-0.2, -0.15) is 0 Å². The molecule has 3 aromatic carbocycles. The molecule has 156 valence electrons. The van der Waals surface area contributed by atoms with Gasteiger partial charge in [0.2, 0.25) is 0 Å². The molecule has 0 heterocycles. The van der Waals surface area contributed by atoms with Crippen molar-refractivity contribution >= 4 is 0 Å². The average Bonchev–Trinajstić information content (AvgIpc) is 2.71. The first-order valence-corrected chi connectivity index (χ1v) is 10.5. The normalized spacial score (nSPS) is 9.83. The maximum absolute atomic E-state index is 12.6. The zero-order valence-electron chi connectivity index (χ0n) is 19.5. The van der Waals surface area contributed by atoms with Crippen molar-refractivity contribution in [2.75, 3.05) is 0 Å². The zero-order chi connectivity index (χ0) is 22.0. The maximum Gasteiger partial charge on any atom is 0.126 e. The van der Waals surface area contributed by atoms with Crippen molar-refractivity contribution < 1.29 is 4.39 Å². The lowest BCUT2D eigenvalue weighted by atomic mass is 9.99. The quantitative estimate of drug-likeness (QED) is 0.412. The van der Waals surface area contributed by atoms with Crippen LogP contribution in [-0.4, -0.2) is 0 Å². The molecule has 0 nitrogen and oxygen atoms in total. The first-order chi connectivity index (χ1) is 13.7. The summed E-state index contributed by atoms with van der Waals surface area (Å²) in [6.07, 6.45) is 2.30. The number of halogens is 1. The van der Waals surface area contributed by atoms with Crippen molar-refractivity contribution in [1.82, 2.24) is 0 Å². The second-order valence-electron chi connectivity index (χ2n) is 7.61. The molecule has 0 atom stereocenters. The van der Waals surface area contributed by atoms with Gasteiger partial charge >= 0.3 is 0 Å². The third-order valence-corrected chi connectivity index (χ3v) is 5.73. The molecule has 0 aliphatic heterocycles.